The van der Waals surface area contributed by atoms with Gasteiger partial charge in [-0.2, -0.15) is 0 Å². The maximum absolute atomic E-state index is 13.5. The van der Waals surface area contributed by atoms with Crippen LogP contribution in [-0.2, 0) is 6.54 Å². The van der Waals surface area contributed by atoms with E-state index in [4.69, 9.17) is 15.0 Å². The zero-order valence-electron chi connectivity index (χ0n) is 9.66. The Morgan fingerprint density at radius 1 is 1.47 bits per heavy atom. The third-order valence-corrected chi connectivity index (χ3v) is 2.63. The SMILES string of the molecule is COc1ccc(-c2noc(CN)c2C)cc1F. The van der Waals surface area contributed by atoms with E-state index < -0.39 is 5.82 Å². The van der Waals surface area contributed by atoms with E-state index in [0.29, 0.717) is 17.0 Å². The van der Waals surface area contributed by atoms with Crippen molar-refractivity contribution < 1.29 is 13.7 Å². The van der Waals surface area contributed by atoms with Crippen molar-refractivity contribution in [2.75, 3.05) is 7.11 Å². The second kappa shape index (κ2) is 4.55. The average molecular weight is 236 g/mol. The fourth-order valence-electron chi connectivity index (χ4n) is 1.64. The molecule has 0 aliphatic heterocycles. The number of rotatable bonds is 3. The predicted molar refractivity (Wildman–Crippen MR) is 61.1 cm³/mol. The van der Waals surface area contributed by atoms with Crippen LogP contribution in [0.15, 0.2) is 22.7 Å². The second-order valence-electron chi connectivity index (χ2n) is 3.63. The Bertz CT molecular complexity index is 537. The normalized spacial score (nSPS) is 10.6. The third kappa shape index (κ3) is 2.01. The molecular weight excluding hydrogens is 223 g/mol. The Hall–Kier alpha value is -1.88. The Morgan fingerprint density at radius 3 is 2.76 bits per heavy atom. The van der Waals surface area contributed by atoms with E-state index in [-0.39, 0.29) is 12.3 Å². The second-order valence-corrected chi connectivity index (χ2v) is 3.63. The van der Waals surface area contributed by atoms with Gasteiger partial charge in [0.1, 0.15) is 5.69 Å². The summed E-state index contributed by atoms with van der Waals surface area (Å²) in [5.41, 5.74) is 7.57. The van der Waals surface area contributed by atoms with Crippen LogP contribution < -0.4 is 10.5 Å². The average Bonchev–Trinajstić information content (AvgIpc) is 2.70. The van der Waals surface area contributed by atoms with Crippen LogP contribution in [0.2, 0.25) is 0 Å². The molecule has 90 valence electrons. The summed E-state index contributed by atoms with van der Waals surface area (Å²) in [7, 11) is 1.42. The number of nitrogens with zero attached hydrogens (tertiary/aromatic N) is 1. The van der Waals surface area contributed by atoms with Gasteiger partial charge in [0, 0.05) is 11.1 Å². The molecular formula is C12H13FN2O2. The smallest absolute Gasteiger partial charge is 0.165 e. The van der Waals surface area contributed by atoms with E-state index in [0.717, 1.165) is 5.56 Å². The maximum atomic E-state index is 13.5. The molecule has 1 aromatic heterocycles. The number of hydrogen-bond acceptors (Lipinski definition) is 4. The molecule has 4 nitrogen and oxygen atoms in total. The van der Waals surface area contributed by atoms with Crippen LogP contribution in [0.5, 0.6) is 5.75 Å². The minimum atomic E-state index is -0.429. The van der Waals surface area contributed by atoms with Crippen molar-refractivity contribution in [3.8, 4) is 17.0 Å². The molecule has 0 spiro atoms. The first kappa shape index (κ1) is 11.6. The van der Waals surface area contributed by atoms with Gasteiger partial charge in [-0.25, -0.2) is 4.39 Å². The van der Waals surface area contributed by atoms with E-state index in [1.165, 1.54) is 13.2 Å². The fourth-order valence-corrected chi connectivity index (χ4v) is 1.64. The van der Waals surface area contributed by atoms with Crippen LogP contribution in [0.25, 0.3) is 11.3 Å². The summed E-state index contributed by atoms with van der Waals surface area (Å²) in [6, 6.07) is 4.65. The van der Waals surface area contributed by atoms with Gasteiger partial charge < -0.3 is 15.0 Å². The maximum Gasteiger partial charge on any atom is 0.165 e. The summed E-state index contributed by atoms with van der Waals surface area (Å²) < 4.78 is 23.5. The molecule has 0 saturated heterocycles. The molecule has 0 atom stereocenters. The molecule has 2 aromatic rings. The van der Waals surface area contributed by atoms with E-state index in [2.05, 4.69) is 5.16 Å². The van der Waals surface area contributed by atoms with Gasteiger partial charge in [-0.3, -0.25) is 0 Å². The van der Waals surface area contributed by atoms with E-state index in [9.17, 15) is 4.39 Å². The van der Waals surface area contributed by atoms with Crippen LogP contribution in [0.1, 0.15) is 11.3 Å². The van der Waals surface area contributed by atoms with E-state index >= 15 is 0 Å². The van der Waals surface area contributed by atoms with Crippen molar-refractivity contribution >= 4 is 0 Å². The molecule has 5 heteroatoms. The fraction of sp³-hybridized carbons (Fsp3) is 0.250. The Balaban J connectivity index is 2.46. The minimum absolute atomic E-state index is 0.203. The summed E-state index contributed by atoms with van der Waals surface area (Å²) in [6.07, 6.45) is 0. The van der Waals surface area contributed by atoms with Crippen LogP contribution in [-0.4, -0.2) is 12.3 Å². The lowest BCUT2D eigenvalue weighted by molar-refractivity contribution is 0.384. The summed E-state index contributed by atoms with van der Waals surface area (Å²) in [5.74, 6) is 0.381. The third-order valence-electron chi connectivity index (χ3n) is 2.63. The lowest BCUT2D eigenvalue weighted by Gasteiger charge is -2.03. The Morgan fingerprint density at radius 2 is 2.24 bits per heavy atom. The monoisotopic (exact) mass is 236 g/mol. The lowest BCUT2D eigenvalue weighted by Crippen LogP contribution is -1.96. The molecule has 0 unspecified atom stereocenters. The van der Waals surface area contributed by atoms with Gasteiger partial charge in [-0.15, -0.1) is 0 Å². The molecule has 0 aliphatic rings. The van der Waals surface area contributed by atoms with Gasteiger partial charge in [0.15, 0.2) is 17.3 Å². The number of aromatic nitrogens is 1. The number of methoxy groups -OCH3 is 1. The molecule has 0 bridgehead atoms. The van der Waals surface area contributed by atoms with Crippen LogP contribution in [0.3, 0.4) is 0 Å². The van der Waals surface area contributed by atoms with Gasteiger partial charge in [-0.05, 0) is 25.1 Å². The summed E-state index contributed by atoms with van der Waals surface area (Å²) >= 11 is 0. The highest BCUT2D eigenvalue weighted by Gasteiger charge is 2.14. The molecule has 0 aliphatic carbocycles. The molecule has 2 N–H and O–H groups in total. The molecule has 2 rings (SSSR count). The Labute approximate surface area is 98.2 Å². The molecule has 1 heterocycles. The number of nitrogens with two attached hydrogens (primary N) is 1. The zero-order valence-corrected chi connectivity index (χ0v) is 9.66. The van der Waals surface area contributed by atoms with E-state index in [1.807, 2.05) is 6.92 Å². The molecule has 17 heavy (non-hydrogen) atoms. The minimum Gasteiger partial charge on any atom is -0.494 e. The summed E-state index contributed by atoms with van der Waals surface area (Å²) in [4.78, 5) is 0. The van der Waals surface area contributed by atoms with Crippen molar-refractivity contribution in [3.63, 3.8) is 0 Å². The number of benzene rings is 1. The predicted octanol–water partition coefficient (Wildman–Crippen LogP) is 2.26. The van der Waals surface area contributed by atoms with Crippen LogP contribution in [0.4, 0.5) is 4.39 Å². The van der Waals surface area contributed by atoms with Gasteiger partial charge in [0.2, 0.25) is 0 Å². The topological polar surface area (TPSA) is 61.3 Å². The quantitative estimate of drug-likeness (QED) is 0.887. The van der Waals surface area contributed by atoms with Crippen molar-refractivity contribution in [1.82, 2.24) is 5.16 Å². The van der Waals surface area contributed by atoms with Crippen molar-refractivity contribution in [2.45, 2.75) is 13.5 Å². The van der Waals surface area contributed by atoms with Gasteiger partial charge in [0.05, 0.1) is 13.7 Å². The first-order valence-corrected chi connectivity index (χ1v) is 5.16. The molecule has 1 aromatic carbocycles. The van der Waals surface area contributed by atoms with Crippen LogP contribution >= 0.6 is 0 Å². The molecule has 0 amide bonds. The van der Waals surface area contributed by atoms with Crippen molar-refractivity contribution in [2.24, 2.45) is 5.73 Å². The highest BCUT2D eigenvalue weighted by Crippen LogP contribution is 2.28. The Kier molecular flexibility index (Phi) is 3.10. The van der Waals surface area contributed by atoms with E-state index in [1.54, 1.807) is 12.1 Å². The van der Waals surface area contributed by atoms with Gasteiger partial charge in [-0.1, -0.05) is 5.16 Å². The summed E-state index contributed by atoms with van der Waals surface area (Å²) in [5, 5.41) is 3.89. The lowest BCUT2D eigenvalue weighted by atomic mass is 10.1. The van der Waals surface area contributed by atoms with Gasteiger partial charge >= 0.3 is 0 Å². The largest absolute Gasteiger partial charge is 0.494 e. The standard InChI is InChI=1S/C12H13FN2O2/c1-7-11(6-14)17-15-12(7)8-3-4-10(16-2)9(13)5-8/h3-5H,6,14H2,1-2H3. The van der Waals surface area contributed by atoms with Gasteiger partial charge in [0.25, 0.3) is 0 Å². The number of ether oxygens (including phenoxy) is 1. The molecule has 0 fully saturated rings. The molecule has 0 saturated carbocycles. The number of hydrogen-bond donors (Lipinski definition) is 1. The highest BCUT2D eigenvalue weighted by molar-refractivity contribution is 5.64. The first-order valence-electron chi connectivity index (χ1n) is 5.16. The summed E-state index contributed by atoms with van der Waals surface area (Å²) in [6.45, 7) is 2.12. The van der Waals surface area contributed by atoms with Crippen LogP contribution in [0, 0.1) is 12.7 Å². The van der Waals surface area contributed by atoms with Crippen molar-refractivity contribution in [1.29, 1.82) is 0 Å². The molecule has 0 radical (unpaired) electrons. The first-order chi connectivity index (χ1) is 8.17. The zero-order chi connectivity index (χ0) is 12.4. The number of halogens is 1. The van der Waals surface area contributed by atoms with Crippen molar-refractivity contribution in [3.05, 3.63) is 35.3 Å². The highest BCUT2D eigenvalue weighted by atomic mass is 19.1.